The van der Waals surface area contributed by atoms with Crippen molar-refractivity contribution in [2.24, 2.45) is 0 Å². The Morgan fingerprint density at radius 1 is 1.03 bits per heavy atom. The third-order valence-corrected chi connectivity index (χ3v) is 4.61. The fraction of sp³-hybridized carbons (Fsp3) is 0.286. The molecular formula is C21H21F3N2O3. The highest BCUT2D eigenvalue weighted by atomic mass is 19.3. The summed E-state index contributed by atoms with van der Waals surface area (Å²) in [6.45, 7) is -0.548. The highest BCUT2D eigenvalue weighted by Crippen LogP contribution is 2.30. The molecule has 154 valence electrons. The van der Waals surface area contributed by atoms with Crippen LogP contribution in [0.3, 0.4) is 0 Å². The molecule has 1 fully saturated rings. The number of ether oxygens (including phenoxy) is 2. The minimum Gasteiger partial charge on any atom is -0.493 e. The molecular weight excluding hydrogens is 385 g/mol. The normalized spacial score (nSPS) is 14.5. The molecule has 1 aliphatic rings. The molecule has 0 aromatic heterocycles. The lowest BCUT2D eigenvalue weighted by molar-refractivity contribution is -0.126. The maximum Gasteiger partial charge on any atom is 0.387 e. The minimum absolute atomic E-state index is 0.0668. The van der Waals surface area contributed by atoms with Crippen LogP contribution in [0.5, 0.6) is 11.5 Å². The van der Waals surface area contributed by atoms with Crippen LogP contribution in [-0.2, 0) is 4.79 Å². The molecule has 5 nitrogen and oxygen atoms in total. The minimum atomic E-state index is -2.94. The number of rotatable bonds is 6. The number of carbonyl (C=O) groups excluding carboxylic acids is 1. The lowest BCUT2D eigenvalue weighted by Crippen LogP contribution is -2.48. The van der Waals surface area contributed by atoms with Gasteiger partial charge in [-0.15, -0.1) is 0 Å². The van der Waals surface area contributed by atoms with Crippen LogP contribution < -0.4 is 14.4 Å². The summed E-state index contributed by atoms with van der Waals surface area (Å²) in [6, 6.07) is 10.7. The number of piperazine rings is 1. The molecule has 0 radical (unpaired) electrons. The van der Waals surface area contributed by atoms with E-state index in [2.05, 4.69) is 9.64 Å². The van der Waals surface area contributed by atoms with Crippen LogP contribution in [0.25, 0.3) is 6.08 Å². The smallest absolute Gasteiger partial charge is 0.387 e. The fourth-order valence-corrected chi connectivity index (χ4v) is 3.09. The van der Waals surface area contributed by atoms with E-state index in [0.29, 0.717) is 31.7 Å². The number of anilines is 1. The largest absolute Gasteiger partial charge is 0.493 e. The van der Waals surface area contributed by atoms with E-state index < -0.39 is 6.61 Å². The summed E-state index contributed by atoms with van der Waals surface area (Å²) in [7, 11) is 1.35. The third-order valence-electron chi connectivity index (χ3n) is 4.61. The standard InChI is InChI=1S/C21H21F3N2O3/c1-28-19-14-15(2-8-18(19)29-21(23)24)3-9-20(27)26-12-10-25(11-13-26)17-6-4-16(22)5-7-17/h2-9,14,21H,10-13H2,1H3/b9-3+. The average molecular weight is 406 g/mol. The molecule has 2 aromatic rings. The van der Waals surface area contributed by atoms with Crippen LogP contribution >= 0.6 is 0 Å². The van der Waals surface area contributed by atoms with Crippen LogP contribution in [0.4, 0.5) is 18.9 Å². The van der Waals surface area contributed by atoms with E-state index in [1.54, 1.807) is 29.2 Å². The molecule has 0 atom stereocenters. The van der Waals surface area contributed by atoms with Gasteiger partial charge in [-0.1, -0.05) is 6.07 Å². The molecule has 2 aromatic carbocycles. The molecule has 3 rings (SSSR count). The van der Waals surface area contributed by atoms with Crippen molar-refractivity contribution in [3.63, 3.8) is 0 Å². The van der Waals surface area contributed by atoms with Gasteiger partial charge in [-0.05, 0) is 48.0 Å². The molecule has 1 saturated heterocycles. The summed E-state index contributed by atoms with van der Waals surface area (Å²) in [5.41, 5.74) is 1.55. The van der Waals surface area contributed by atoms with Crippen LogP contribution in [0.2, 0.25) is 0 Å². The molecule has 8 heteroatoms. The number of hydrogen-bond acceptors (Lipinski definition) is 4. The van der Waals surface area contributed by atoms with Crippen molar-refractivity contribution in [2.45, 2.75) is 6.61 Å². The summed E-state index contributed by atoms with van der Waals surface area (Å²) in [4.78, 5) is 16.3. The van der Waals surface area contributed by atoms with Crippen molar-refractivity contribution < 1.29 is 27.4 Å². The van der Waals surface area contributed by atoms with Gasteiger partial charge in [0.25, 0.3) is 0 Å². The Kier molecular flexibility index (Phi) is 6.64. The Balaban J connectivity index is 1.58. The summed E-state index contributed by atoms with van der Waals surface area (Å²) >= 11 is 0. The van der Waals surface area contributed by atoms with Gasteiger partial charge in [0.1, 0.15) is 5.82 Å². The summed E-state index contributed by atoms with van der Waals surface area (Å²) in [6.07, 6.45) is 3.04. The van der Waals surface area contributed by atoms with Gasteiger partial charge in [0.15, 0.2) is 11.5 Å². The molecule has 0 unspecified atom stereocenters. The van der Waals surface area contributed by atoms with E-state index in [1.807, 2.05) is 0 Å². The van der Waals surface area contributed by atoms with Gasteiger partial charge in [-0.3, -0.25) is 4.79 Å². The quantitative estimate of drug-likeness (QED) is 0.685. The van der Waals surface area contributed by atoms with E-state index in [4.69, 9.17) is 4.74 Å². The second-order valence-electron chi connectivity index (χ2n) is 6.41. The predicted octanol–water partition coefficient (Wildman–Crippen LogP) is 3.80. The lowest BCUT2D eigenvalue weighted by Gasteiger charge is -2.35. The van der Waals surface area contributed by atoms with Gasteiger partial charge in [0.2, 0.25) is 5.91 Å². The zero-order valence-corrected chi connectivity index (χ0v) is 15.9. The van der Waals surface area contributed by atoms with Crippen LogP contribution in [0.1, 0.15) is 5.56 Å². The monoisotopic (exact) mass is 406 g/mol. The maximum absolute atomic E-state index is 13.0. The highest BCUT2D eigenvalue weighted by Gasteiger charge is 2.20. The maximum atomic E-state index is 13.0. The van der Waals surface area contributed by atoms with Crippen molar-refractivity contribution in [3.8, 4) is 11.5 Å². The van der Waals surface area contributed by atoms with E-state index in [0.717, 1.165) is 5.69 Å². The third kappa shape index (κ3) is 5.43. The fourth-order valence-electron chi connectivity index (χ4n) is 3.09. The molecule has 1 aliphatic heterocycles. The Morgan fingerprint density at radius 3 is 2.34 bits per heavy atom. The number of carbonyl (C=O) groups is 1. The SMILES string of the molecule is COc1cc(/C=C/C(=O)N2CCN(c3ccc(F)cc3)CC2)ccc1OC(F)F. The van der Waals surface area contributed by atoms with E-state index in [-0.39, 0.29) is 23.2 Å². The molecule has 1 heterocycles. The number of amides is 1. The topological polar surface area (TPSA) is 42.0 Å². The van der Waals surface area contributed by atoms with Crippen molar-refractivity contribution in [1.82, 2.24) is 4.90 Å². The number of halogens is 3. The van der Waals surface area contributed by atoms with Gasteiger partial charge >= 0.3 is 6.61 Å². The van der Waals surface area contributed by atoms with Crippen molar-refractivity contribution >= 4 is 17.7 Å². The Labute approximate surface area is 166 Å². The molecule has 0 aliphatic carbocycles. The van der Waals surface area contributed by atoms with Gasteiger partial charge in [-0.25, -0.2) is 4.39 Å². The number of hydrogen-bond donors (Lipinski definition) is 0. The summed E-state index contributed by atoms with van der Waals surface area (Å²) in [5, 5.41) is 0. The number of methoxy groups -OCH3 is 1. The second kappa shape index (κ2) is 9.36. The highest BCUT2D eigenvalue weighted by molar-refractivity contribution is 5.92. The Hall–Kier alpha value is -3.16. The predicted molar refractivity (Wildman–Crippen MR) is 104 cm³/mol. The zero-order valence-electron chi connectivity index (χ0n) is 15.9. The molecule has 1 amide bonds. The number of nitrogens with zero attached hydrogens (tertiary/aromatic N) is 2. The molecule has 0 spiro atoms. The first kappa shape index (κ1) is 20.6. The van der Waals surface area contributed by atoms with Crippen LogP contribution in [-0.4, -0.2) is 50.7 Å². The van der Waals surface area contributed by atoms with Crippen molar-refractivity contribution in [2.75, 3.05) is 38.2 Å². The van der Waals surface area contributed by atoms with Gasteiger partial charge in [0, 0.05) is 37.9 Å². The molecule has 29 heavy (non-hydrogen) atoms. The van der Waals surface area contributed by atoms with Crippen LogP contribution in [0, 0.1) is 5.82 Å². The van der Waals surface area contributed by atoms with Crippen molar-refractivity contribution in [3.05, 3.63) is 59.9 Å². The van der Waals surface area contributed by atoms with Gasteiger partial charge in [0.05, 0.1) is 7.11 Å². The van der Waals surface area contributed by atoms with E-state index >= 15 is 0 Å². The van der Waals surface area contributed by atoms with E-state index in [9.17, 15) is 18.0 Å². The first-order chi connectivity index (χ1) is 14.0. The first-order valence-electron chi connectivity index (χ1n) is 9.06. The van der Waals surface area contributed by atoms with Gasteiger partial charge < -0.3 is 19.3 Å². The van der Waals surface area contributed by atoms with Crippen molar-refractivity contribution in [1.29, 1.82) is 0 Å². The lowest BCUT2D eigenvalue weighted by atomic mass is 10.1. The van der Waals surface area contributed by atoms with E-state index in [1.165, 1.54) is 37.5 Å². The number of alkyl halides is 2. The number of benzene rings is 2. The Morgan fingerprint density at radius 2 is 1.72 bits per heavy atom. The summed E-state index contributed by atoms with van der Waals surface area (Å²) < 4.78 is 47.3. The first-order valence-corrected chi connectivity index (χ1v) is 9.06. The molecule has 0 N–H and O–H groups in total. The summed E-state index contributed by atoms with van der Waals surface area (Å²) in [5.74, 6) is -0.329. The molecule has 0 saturated carbocycles. The second-order valence-corrected chi connectivity index (χ2v) is 6.41. The van der Waals surface area contributed by atoms with Crippen LogP contribution in [0.15, 0.2) is 48.5 Å². The molecule has 0 bridgehead atoms. The average Bonchev–Trinajstić information content (AvgIpc) is 2.73. The Bertz CT molecular complexity index is 864. The zero-order chi connectivity index (χ0) is 20.8. The van der Waals surface area contributed by atoms with Gasteiger partial charge in [-0.2, -0.15) is 8.78 Å².